The second-order valence-corrected chi connectivity index (χ2v) is 18.9. The zero-order valence-electron chi connectivity index (χ0n) is 39.1. The van der Waals surface area contributed by atoms with Gasteiger partial charge >= 0.3 is 23.9 Å². The smallest absolute Gasteiger partial charge is 0.326 e. The second kappa shape index (κ2) is 28.6. The summed E-state index contributed by atoms with van der Waals surface area (Å²) in [5.74, 6) is -7.26. The number of rotatable bonds is 27. The third-order valence-electron chi connectivity index (χ3n) is 12.0. The number of thioether (sulfide) groups is 1. The van der Waals surface area contributed by atoms with Gasteiger partial charge in [-0.05, 0) is 67.5 Å². The van der Waals surface area contributed by atoms with E-state index in [1.807, 2.05) is 42.5 Å². The van der Waals surface area contributed by atoms with Crippen LogP contribution in [-0.4, -0.2) is 213 Å². The van der Waals surface area contributed by atoms with Crippen LogP contribution in [0.5, 0.6) is 0 Å². The van der Waals surface area contributed by atoms with Gasteiger partial charge in [0.15, 0.2) is 5.78 Å². The van der Waals surface area contributed by atoms with Crippen LogP contribution in [0.3, 0.4) is 0 Å². The average Bonchev–Trinajstić information content (AvgIpc) is 3.55. The summed E-state index contributed by atoms with van der Waals surface area (Å²) in [7, 11) is 0. The Kier molecular flexibility index (Phi) is 23.1. The number of fused-ring (bicyclic) bond motifs is 1. The van der Waals surface area contributed by atoms with Crippen molar-refractivity contribution in [3.63, 3.8) is 0 Å². The number of carbonyl (C=O) groups is 9. The lowest BCUT2D eigenvalue weighted by Gasteiger charge is -2.32. The Morgan fingerprint density at radius 2 is 1.29 bits per heavy atom. The molecule has 0 radical (unpaired) electrons. The van der Waals surface area contributed by atoms with Crippen LogP contribution in [0.2, 0.25) is 0 Å². The molecule has 2 saturated heterocycles. The predicted molar refractivity (Wildman–Crippen MR) is 256 cm³/mol. The van der Waals surface area contributed by atoms with E-state index < -0.39 is 65.2 Å². The van der Waals surface area contributed by atoms with E-state index in [2.05, 4.69) is 10.6 Å². The number of amides is 4. The number of carboxylic acids is 4. The first-order valence-electron chi connectivity index (χ1n) is 23.2. The van der Waals surface area contributed by atoms with Crippen molar-refractivity contribution in [3.05, 3.63) is 48.0 Å². The molecule has 0 aliphatic carbocycles. The van der Waals surface area contributed by atoms with E-state index in [9.17, 15) is 63.6 Å². The zero-order chi connectivity index (χ0) is 50.5. The molecule has 69 heavy (non-hydrogen) atoms. The number of benzene rings is 2. The molecule has 2 aliphatic heterocycles. The van der Waals surface area contributed by atoms with Gasteiger partial charge in [-0.2, -0.15) is 0 Å². The molecular formula is C47H66N8O13S. The molecule has 3 atom stereocenters. The summed E-state index contributed by atoms with van der Waals surface area (Å²) in [6.45, 7) is 1.73. The first-order valence-corrected chi connectivity index (χ1v) is 24.3. The van der Waals surface area contributed by atoms with E-state index in [4.69, 9.17) is 5.41 Å². The molecule has 2 aliphatic rings. The largest absolute Gasteiger partial charge is 0.480 e. The molecule has 378 valence electrons. The average molecular weight is 983 g/mol. The molecule has 22 heteroatoms. The fraction of sp³-hybridized carbons (Fsp3) is 0.574. The van der Waals surface area contributed by atoms with Crippen molar-refractivity contribution in [2.24, 2.45) is 5.92 Å². The molecule has 2 aromatic carbocycles. The van der Waals surface area contributed by atoms with E-state index in [-0.39, 0.29) is 129 Å². The highest BCUT2D eigenvalue weighted by Gasteiger charge is 2.38. The Labute approximate surface area is 405 Å². The summed E-state index contributed by atoms with van der Waals surface area (Å²) >= 11 is 1.40. The van der Waals surface area contributed by atoms with E-state index in [1.54, 1.807) is 26.5 Å². The number of Topliss-reactive ketones (excluding diaryl/α,β-unsaturated/α-hetero) is 1. The molecule has 7 N–H and O–H groups in total. The van der Waals surface area contributed by atoms with Gasteiger partial charge in [-0.3, -0.25) is 62.9 Å². The van der Waals surface area contributed by atoms with Crippen LogP contribution in [0, 0.1) is 11.3 Å². The van der Waals surface area contributed by atoms with Gasteiger partial charge in [0.2, 0.25) is 23.6 Å². The number of unbranched alkanes of at least 4 members (excludes halogenated alkanes) is 1. The van der Waals surface area contributed by atoms with Gasteiger partial charge in [0.1, 0.15) is 6.04 Å². The maximum atomic E-state index is 13.9. The normalized spacial score (nSPS) is 17.9. The Morgan fingerprint density at radius 3 is 1.83 bits per heavy atom. The highest BCUT2D eigenvalue weighted by Crippen LogP contribution is 2.27. The van der Waals surface area contributed by atoms with E-state index in [0.29, 0.717) is 24.3 Å². The highest BCUT2D eigenvalue weighted by atomic mass is 32.2. The number of imide groups is 1. The number of carbonyl (C=O) groups excluding carboxylic acids is 5. The number of ketones is 1. The lowest BCUT2D eigenvalue weighted by molar-refractivity contribution is -0.143. The van der Waals surface area contributed by atoms with Gasteiger partial charge in [0, 0.05) is 83.4 Å². The van der Waals surface area contributed by atoms with E-state index in [0.717, 1.165) is 22.8 Å². The van der Waals surface area contributed by atoms with Crippen LogP contribution >= 0.6 is 11.8 Å². The molecule has 2 heterocycles. The maximum Gasteiger partial charge on any atom is 0.326 e. The maximum absolute atomic E-state index is 13.9. The van der Waals surface area contributed by atoms with Crippen LogP contribution in [-0.2, 0) is 49.6 Å². The van der Waals surface area contributed by atoms with E-state index >= 15 is 0 Å². The number of hydrogen-bond acceptors (Lipinski definition) is 15. The van der Waals surface area contributed by atoms with Gasteiger partial charge in [-0.15, -0.1) is 11.8 Å². The van der Waals surface area contributed by atoms with Crippen molar-refractivity contribution in [1.82, 2.24) is 35.1 Å². The molecule has 21 nitrogen and oxygen atoms in total. The zero-order valence-corrected chi connectivity index (χ0v) is 40.0. The van der Waals surface area contributed by atoms with Crippen LogP contribution in [0.25, 0.3) is 10.8 Å². The number of nitrogens with zero attached hydrogens (tertiary/aromatic N) is 5. The number of nitrogens with one attached hydrogen (secondary N) is 3. The predicted octanol–water partition coefficient (Wildman–Crippen LogP) is 0.970. The van der Waals surface area contributed by atoms with Crippen molar-refractivity contribution in [3.8, 4) is 0 Å². The molecule has 4 amide bonds. The van der Waals surface area contributed by atoms with Crippen molar-refractivity contribution >= 4 is 81.5 Å². The highest BCUT2D eigenvalue weighted by molar-refractivity contribution is 8.00. The Bertz CT molecular complexity index is 2130. The SMILES string of the molecule is CC(=N)CCCSC1CC(=O)N(CCCC[C@H](NC(=O)[C@@H](CC(=O)CNC(=O)CN2CCN(CC(=O)O)CCN(CC(=O)O)CCN(CC(=O)O)CC2)Cc2ccc3ccccc3c2)C(=O)O)C1=O. The minimum atomic E-state index is -1.33. The molecule has 0 saturated carbocycles. The van der Waals surface area contributed by atoms with Crippen molar-refractivity contribution in [1.29, 1.82) is 5.41 Å². The Morgan fingerprint density at radius 1 is 0.739 bits per heavy atom. The van der Waals surface area contributed by atoms with Crippen LogP contribution in [0.1, 0.15) is 57.4 Å². The van der Waals surface area contributed by atoms with Crippen molar-refractivity contribution in [2.75, 3.05) is 97.4 Å². The summed E-state index contributed by atoms with van der Waals surface area (Å²) < 4.78 is 0. The van der Waals surface area contributed by atoms with Crippen LogP contribution < -0.4 is 10.6 Å². The number of hydrogen-bond donors (Lipinski definition) is 7. The van der Waals surface area contributed by atoms with Crippen molar-refractivity contribution < 1.29 is 63.6 Å². The Balaban J connectivity index is 1.38. The minimum absolute atomic E-state index is 0.00700. The number of aliphatic carboxylic acids is 4. The van der Waals surface area contributed by atoms with Gasteiger partial charge in [-0.25, -0.2) is 4.79 Å². The fourth-order valence-electron chi connectivity index (χ4n) is 8.24. The molecule has 0 spiro atoms. The van der Waals surface area contributed by atoms with Crippen LogP contribution in [0.15, 0.2) is 42.5 Å². The standard InChI is InChI=1S/C47H66N8O13S/c1-32(48)7-6-22-69-39-26-41(58)55(46(39)66)13-5-4-10-38(47(67)68)50-45(65)36(24-33-11-12-34-8-2-3-9-35(34)23-33)25-37(56)27-49-40(57)28-51-14-16-52(29-42(59)60)18-20-54(31-44(63)64)21-19-53(17-15-51)30-43(61)62/h2-3,8-9,11-12,23,36,38-39,48H,4-7,10,13-22,24-31H2,1H3,(H,49,57)(H,50,65)(H,59,60)(H,61,62)(H,63,64)(H,67,68)/t36-,38+,39?/m1/s1. The molecule has 1 unspecified atom stereocenters. The molecular weight excluding hydrogens is 917 g/mol. The molecule has 4 rings (SSSR count). The van der Waals surface area contributed by atoms with Gasteiger partial charge in [0.05, 0.1) is 38.0 Å². The first-order chi connectivity index (χ1) is 32.9. The molecule has 0 aromatic heterocycles. The van der Waals surface area contributed by atoms with Crippen LogP contribution in [0.4, 0.5) is 0 Å². The monoisotopic (exact) mass is 982 g/mol. The topological polar surface area (TPSA) is 299 Å². The fourth-order valence-corrected chi connectivity index (χ4v) is 9.37. The molecule has 2 aromatic rings. The summed E-state index contributed by atoms with van der Waals surface area (Å²) in [5.41, 5.74) is 1.27. The van der Waals surface area contributed by atoms with Gasteiger partial charge in [-0.1, -0.05) is 42.5 Å². The number of likely N-dealkylation sites (tertiary alicyclic amines) is 1. The summed E-state index contributed by atoms with van der Waals surface area (Å²) in [6, 6.07) is 11.8. The summed E-state index contributed by atoms with van der Waals surface area (Å²) in [5, 5.41) is 52.8. The lowest BCUT2D eigenvalue weighted by Crippen LogP contribution is -2.50. The summed E-state index contributed by atoms with van der Waals surface area (Å²) in [6.07, 6.45) is 1.73. The second-order valence-electron chi connectivity index (χ2n) is 17.6. The minimum Gasteiger partial charge on any atom is -0.480 e. The third kappa shape index (κ3) is 20.4. The molecule has 0 bridgehead atoms. The van der Waals surface area contributed by atoms with E-state index in [1.165, 1.54) is 16.7 Å². The number of carboxylic acid groups (broad SMARTS) is 4. The molecule has 2 fully saturated rings. The quantitative estimate of drug-likeness (QED) is 0.0373. The summed E-state index contributed by atoms with van der Waals surface area (Å²) in [4.78, 5) is 122. The van der Waals surface area contributed by atoms with Gasteiger partial charge < -0.3 is 36.5 Å². The van der Waals surface area contributed by atoms with Gasteiger partial charge in [0.25, 0.3) is 0 Å². The third-order valence-corrected chi connectivity index (χ3v) is 13.2. The lowest BCUT2D eigenvalue weighted by atomic mass is 9.91. The van der Waals surface area contributed by atoms with Crippen molar-refractivity contribution in [2.45, 2.75) is 69.6 Å². The Hall–Kier alpha value is -5.81. The first kappa shape index (κ1) is 55.8.